The Morgan fingerprint density at radius 3 is 2.88 bits per heavy atom. The SMILES string of the molecule is CCNC(=NCc1ncc(-c2ccccc2)o1)NCC1CCCS1.I. The van der Waals surface area contributed by atoms with Crippen LogP contribution in [0.15, 0.2) is 45.9 Å². The molecule has 3 rings (SSSR count). The number of halogens is 1. The van der Waals surface area contributed by atoms with Crippen molar-refractivity contribution in [3.8, 4) is 11.3 Å². The number of hydrogen-bond donors (Lipinski definition) is 2. The van der Waals surface area contributed by atoms with Gasteiger partial charge in [-0.15, -0.1) is 24.0 Å². The van der Waals surface area contributed by atoms with E-state index in [0.29, 0.717) is 17.7 Å². The van der Waals surface area contributed by atoms with Crippen LogP contribution in [0.2, 0.25) is 0 Å². The number of thioether (sulfide) groups is 1. The lowest BCUT2D eigenvalue weighted by Crippen LogP contribution is -2.40. The zero-order chi connectivity index (χ0) is 16.6. The quantitative estimate of drug-likeness (QED) is 0.379. The monoisotopic (exact) mass is 472 g/mol. The second kappa shape index (κ2) is 10.7. The summed E-state index contributed by atoms with van der Waals surface area (Å²) in [7, 11) is 0. The lowest BCUT2D eigenvalue weighted by molar-refractivity contribution is 0.509. The highest BCUT2D eigenvalue weighted by molar-refractivity contribution is 14.0. The molecule has 2 heterocycles. The number of rotatable bonds is 6. The molecule has 1 fully saturated rings. The maximum atomic E-state index is 5.80. The Kier molecular flexibility index (Phi) is 8.60. The third-order valence-electron chi connectivity index (χ3n) is 3.85. The molecule has 2 N–H and O–H groups in total. The van der Waals surface area contributed by atoms with Crippen molar-refractivity contribution in [2.24, 2.45) is 4.99 Å². The second-order valence-electron chi connectivity index (χ2n) is 5.70. The summed E-state index contributed by atoms with van der Waals surface area (Å²) in [6, 6.07) is 9.99. The molecule has 1 aliphatic heterocycles. The standard InChI is InChI=1S/C18H24N4OS.HI/c1-2-19-18(21-11-15-9-6-10-24-15)22-13-17-20-12-16(23-17)14-7-4-3-5-8-14;/h3-5,7-8,12,15H,2,6,9-11,13H2,1H3,(H2,19,21,22);1H. The van der Waals surface area contributed by atoms with Crippen molar-refractivity contribution in [1.82, 2.24) is 15.6 Å². The first-order chi connectivity index (χ1) is 11.8. The van der Waals surface area contributed by atoms with Crippen LogP contribution in [0.5, 0.6) is 0 Å². The summed E-state index contributed by atoms with van der Waals surface area (Å²) in [5.41, 5.74) is 1.03. The van der Waals surface area contributed by atoms with E-state index < -0.39 is 0 Å². The zero-order valence-electron chi connectivity index (χ0n) is 14.4. The van der Waals surface area contributed by atoms with Crippen LogP contribution in [0.1, 0.15) is 25.7 Å². The van der Waals surface area contributed by atoms with Gasteiger partial charge < -0.3 is 15.1 Å². The fourth-order valence-electron chi connectivity index (χ4n) is 2.62. The largest absolute Gasteiger partial charge is 0.439 e. The van der Waals surface area contributed by atoms with Crippen LogP contribution in [-0.2, 0) is 6.54 Å². The number of nitrogens with one attached hydrogen (secondary N) is 2. The Morgan fingerprint density at radius 1 is 1.32 bits per heavy atom. The first-order valence-electron chi connectivity index (χ1n) is 8.49. The van der Waals surface area contributed by atoms with Crippen LogP contribution in [0.25, 0.3) is 11.3 Å². The van der Waals surface area contributed by atoms with Crippen molar-refractivity contribution < 1.29 is 4.42 Å². The summed E-state index contributed by atoms with van der Waals surface area (Å²) in [5, 5.41) is 7.39. The Bertz CT molecular complexity index is 656. The van der Waals surface area contributed by atoms with E-state index in [1.54, 1.807) is 6.20 Å². The lowest BCUT2D eigenvalue weighted by Gasteiger charge is -2.14. The summed E-state index contributed by atoms with van der Waals surface area (Å²) in [6.45, 7) is 4.29. The van der Waals surface area contributed by atoms with Crippen LogP contribution in [0.4, 0.5) is 0 Å². The van der Waals surface area contributed by atoms with Crippen LogP contribution in [0, 0.1) is 0 Å². The highest BCUT2D eigenvalue weighted by Gasteiger charge is 2.15. The van der Waals surface area contributed by atoms with E-state index in [-0.39, 0.29) is 24.0 Å². The summed E-state index contributed by atoms with van der Waals surface area (Å²) in [5.74, 6) is 3.50. The molecule has 7 heteroatoms. The first-order valence-corrected chi connectivity index (χ1v) is 9.54. The number of hydrogen-bond acceptors (Lipinski definition) is 4. The highest BCUT2D eigenvalue weighted by atomic mass is 127. The predicted molar refractivity (Wildman–Crippen MR) is 116 cm³/mol. The van der Waals surface area contributed by atoms with E-state index in [4.69, 9.17) is 4.42 Å². The van der Waals surface area contributed by atoms with Gasteiger partial charge in [0.15, 0.2) is 11.7 Å². The molecule has 0 amide bonds. The molecule has 0 spiro atoms. The van der Waals surface area contributed by atoms with E-state index in [2.05, 4.69) is 27.5 Å². The third-order valence-corrected chi connectivity index (χ3v) is 5.25. The zero-order valence-corrected chi connectivity index (χ0v) is 17.6. The summed E-state index contributed by atoms with van der Waals surface area (Å²) in [6.07, 6.45) is 4.37. The molecular formula is C18H25IN4OS. The van der Waals surface area contributed by atoms with E-state index in [1.807, 2.05) is 42.1 Å². The van der Waals surface area contributed by atoms with E-state index in [1.165, 1.54) is 18.6 Å². The molecule has 1 aromatic carbocycles. The average Bonchev–Trinajstić information content (AvgIpc) is 3.30. The van der Waals surface area contributed by atoms with Crippen LogP contribution >= 0.6 is 35.7 Å². The number of nitrogens with zero attached hydrogens (tertiary/aromatic N) is 2. The van der Waals surface area contributed by atoms with Crippen molar-refractivity contribution in [3.05, 3.63) is 42.4 Å². The summed E-state index contributed by atoms with van der Waals surface area (Å²) in [4.78, 5) is 8.91. The fourth-order valence-corrected chi connectivity index (χ4v) is 3.82. The molecule has 1 saturated heterocycles. The molecule has 5 nitrogen and oxygen atoms in total. The number of aromatic nitrogens is 1. The van der Waals surface area contributed by atoms with Gasteiger partial charge in [-0.05, 0) is 25.5 Å². The maximum Gasteiger partial charge on any atom is 0.216 e. The topological polar surface area (TPSA) is 62.5 Å². The lowest BCUT2D eigenvalue weighted by atomic mass is 10.2. The van der Waals surface area contributed by atoms with Crippen molar-refractivity contribution in [3.63, 3.8) is 0 Å². The molecule has 25 heavy (non-hydrogen) atoms. The van der Waals surface area contributed by atoms with Gasteiger partial charge in [-0.2, -0.15) is 11.8 Å². The Hall–Kier alpha value is -1.22. The molecule has 0 radical (unpaired) electrons. The van der Waals surface area contributed by atoms with Crippen LogP contribution < -0.4 is 10.6 Å². The first kappa shape index (κ1) is 20.1. The minimum Gasteiger partial charge on any atom is -0.439 e. The van der Waals surface area contributed by atoms with Gasteiger partial charge in [-0.25, -0.2) is 9.98 Å². The highest BCUT2D eigenvalue weighted by Crippen LogP contribution is 2.25. The molecular weight excluding hydrogens is 447 g/mol. The smallest absolute Gasteiger partial charge is 0.216 e. The predicted octanol–water partition coefficient (Wildman–Crippen LogP) is 3.91. The molecule has 1 aromatic heterocycles. The number of benzene rings is 1. The number of oxazole rings is 1. The summed E-state index contributed by atoms with van der Waals surface area (Å²) >= 11 is 2.04. The van der Waals surface area contributed by atoms with Crippen molar-refractivity contribution >= 4 is 41.7 Å². The maximum absolute atomic E-state index is 5.80. The minimum atomic E-state index is 0. The number of guanidine groups is 1. The van der Waals surface area contributed by atoms with E-state index in [0.717, 1.165) is 30.4 Å². The molecule has 2 aromatic rings. The van der Waals surface area contributed by atoms with Crippen molar-refractivity contribution in [2.75, 3.05) is 18.8 Å². The molecule has 136 valence electrons. The Morgan fingerprint density at radius 2 is 2.16 bits per heavy atom. The van der Waals surface area contributed by atoms with E-state index in [9.17, 15) is 0 Å². The molecule has 1 aliphatic rings. The van der Waals surface area contributed by atoms with Gasteiger partial charge in [0.25, 0.3) is 0 Å². The minimum absolute atomic E-state index is 0. The summed E-state index contributed by atoms with van der Waals surface area (Å²) < 4.78 is 5.80. The van der Waals surface area contributed by atoms with E-state index >= 15 is 0 Å². The Labute approximate surface area is 170 Å². The van der Waals surface area contributed by atoms with Crippen molar-refractivity contribution in [1.29, 1.82) is 0 Å². The second-order valence-corrected chi connectivity index (χ2v) is 7.10. The normalized spacial score (nSPS) is 17.2. The number of aliphatic imine (C=N–C) groups is 1. The van der Waals surface area contributed by atoms with Gasteiger partial charge in [0.2, 0.25) is 5.89 Å². The molecule has 0 saturated carbocycles. The third kappa shape index (κ3) is 6.22. The Balaban J connectivity index is 0.00000225. The van der Waals surface area contributed by atoms with Gasteiger partial charge in [0, 0.05) is 23.9 Å². The van der Waals surface area contributed by atoms with Crippen molar-refractivity contribution in [2.45, 2.75) is 31.6 Å². The van der Waals surface area contributed by atoms with Crippen LogP contribution in [0.3, 0.4) is 0 Å². The molecule has 0 bridgehead atoms. The fraction of sp³-hybridized carbons (Fsp3) is 0.444. The van der Waals surface area contributed by atoms with Gasteiger partial charge in [0.1, 0.15) is 6.54 Å². The van der Waals surface area contributed by atoms with Gasteiger partial charge in [-0.1, -0.05) is 30.3 Å². The van der Waals surface area contributed by atoms with Gasteiger partial charge >= 0.3 is 0 Å². The molecule has 1 unspecified atom stereocenters. The average molecular weight is 472 g/mol. The van der Waals surface area contributed by atoms with Gasteiger partial charge in [0.05, 0.1) is 6.20 Å². The van der Waals surface area contributed by atoms with Crippen LogP contribution in [-0.4, -0.2) is 35.0 Å². The van der Waals surface area contributed by atoms with Gasteiger partial charge in [-0.3, -0.25) is 0 Å². The molecule has 0 aliphatic carbocycles. The molecule has 1 atom stereocenters.